The molecule has 0 saturated carbocycles. The van der Waals surface area contributed by atoms with Crippen LogP contribution in [0.3, 0.4) is 0 Å². The highest BCUT2D eigenvalue weighted by atomic mass is 32.2. The molecule has 1 aliphatic heterocycles. The van der Waals surface area contributed by atoms with Crippen molar-refractivity contribution in [3.63, 3.8) is 0 Å². The van der Waals surface area contributed by atoms with Crippen LogP contribution in [0.4, 0.5) is 0 Å². The van der Waals surface area contributed by atoms with Crippen LogP contribution in [0.1, 0.15) is 33.6 Å². The Kier molecular flexibility index (Phi) is 4.41. The molecular formula is C10H19NO2S. The number of rotatable bonds is 2. The summed E-state index contributed by atoms with van der Waals surface area (Å²) >= 11 is -1.11. The molecular weight excluding hydrogens is 198 g/mol. The summed E-state index contributed by atoms with van der Waals surface area (Å²) in [5, 5.41) is 0. The molecule has 0 aromatic heterocycles. The highest BCUT2D eigenvalue weighted by Gasteiger charge is 2.26. The molecule has 1 aliphatic rings. The number of ether oxygens (including phenoxy) is 1. The lowest BCUT2D eigenvalue weighted by Crippen LogP contribution is -2.26. The summed E-state index contributed by atoms with van der Waals surface area (Å²) in [4.78, 5) is 0. The van der Waals surface area contributed by atoms with E-state index in [0.717, 1.165) is 26.1 Å². The van der Waals surface area contributed by atoms with Gasteiger partial charge in [0.1, 0.15) is 16.1 Å². The van der Waals surface area contributed by atoms with Gasteiger partial charge in [-0.05, 0) is 33.6 Å². The Bertz CT molecular complexity index is 195. The zero-order chi connectivity index (χ0) is 10.6. The predicted molar refractivity (Wildman–Crippen MR) is 59.9 cm³/mol. The quantitative estimate of drug-likeness (QED) is 0.524. The maximum Gasteiger partial charge on any atom is 0.144 e. The van der Waals surface area contributed by atoms with Gasteiger partial charge in [0, 0.05) is 19.1 Å². The minimum Gasteiger partial charge on any atom is -0.591 e. The van der Waals surface area contributed by atoms with Gasteiger partial charge < -0.3 is 9.29 Å². The zero-order valence-electron chi connectivity index (χ0n) is 9.16. The Morgan fingerprint density at radius 1 is 1.36 bits per heavy atom. The lowest BCUT2D eigenvalue weighted by atomic mass is 10.0. The third-order valence-electron chi connectivity index (χ3n) is 2.16. The van der Waals surface area contributed by atoms with Crippen molar-refractivity contribution in [1.29, 1.82) is 0 Å². The molecule has 1 fully saturated rings. The molecule has 0 radical (unpaired) electrons. The van der Waals surface area contributed by atoms with Gasteiger partial charge in [-0.3, -0.25) is 0 Å². The van der Waals surface area contributed by atoms with E-state index in [2.05, 4.69) is 4.40 Å². The van der Waals surface area contributed by atoms with Gasteiger partial charge in [0.05, 0.1) is 6.21 Å². The Morgan fingerprint density at radius 3 is 2.43 bits per heavy atom. The monoisotopic (exact) mass is 217 g/mol. The zero-order valence-corrected chi connectivity index (χ0v) is 9.97. The Hall–Kier alpha value is -0.0600. The minimum absolute atomic E-state index is 0.248. The lowest BCUT2D eigenvalue weighted by Gasteiger charge is -2.20. The molecule has 0 spiro atoms. The first kappa shape index (κ1) is 12.0. The molecule has 0 aliphatic carbocycles. The van der Waals surface area contributed by atoms with Gasteiger partial charge in [-0.2, -0.15) is 0 Å². The van der Waals surface area contributed by atoms with Crippen molar-refractivity contribution < 1.29 is 9.29 Å². The van der Waals surface area contributed by atoms with Gasteiger partial charge in [0.2, 0.25) is 0 Å². The molecule has 3 nitrogen and oxygen atoms in total. The molecule has 0 aromatic carbocycles. The van der Waals surface area contributed by atoms with Crippen LogP contribution in [0.2, 0.25) is 0 Å². The molecule has 0 amide bonds. The number of nitrogens with zero attached hydrogens (tertiary/aromatic N) is 1. The summed E-state index contributed by atoms with van der Waals surface area (Å²) in [7, 11) is 0. The van der Waals surface area contributed by atoms with Crippen molar-refractivity contribution in [2.45, 2.75) is 38.4 Å². The van der Waals surface area contributed by atoms with E-state index in [1.54, 1.807) is 0 Å². The maximum atomic E-state index is 11.6. The first-order valence-corrected chi connectivity index (χ1v) is 6.15. The molecule has 1 rings (SSSR count). The molecule has 4 heteroatoms. The fraction of sp³-hybridized carbons (Fsp3) is 0.900. The van der Waals surface area contributed by atoms with Crippen LogP contribution in [0.5, 0.6) is 0 Å². The van der Waals surface area contributed by atoms with Gasteiger partial charge in [-0.25, -0.2) is 0 Å². The summed E-state index contributed by atoms with van der Waals surface area (Å²) in [6.45, 7) is 7.41. The van der Waals surface area contributed by atoms with E-state index in [4.69, 9.17) is 4.74 Å². The highest BCUT2D eigenvalue weighted by molar-refractivity contribution is 7.91. The van der Waals surface area contributed by atoms with Crippen LogP contribution >= 0.6 is 0 Å². The second kappa shape index (κ2) is 5.14. The van der Waals surface area contributed by atoms with E-state index < -0.39 is 11.4 Å². The number of hydrogen-bond acceptors (Lipinski definition) is 3. The van der Waals surface area contributed by atoms with Gasteiger partial charge in [0.15, 0.2) is 0 Å². The average Bonchev–Trinajstić information content (AvgIpc) is 2.14. The summed E-state index contributed by atoms with van der Waals surface area (Å²) in [5.41, 5.74) is 0. The Morgan fingerprint density at radius 2 is 1.93 bits per heavy atom. The van der Waals surface area contributed by atoms with Crippen molar-refractivity contribution in [3.05, 3.63) is 0 Å². The van der Waals surface area contributed by atoms with E-state index in [9.17, 15) is 4.55 Å². The van der Waals surface area contributed by atoms with E-state index in [-0.39, 0.29) is 4.75 Å². The van der Waals surface area contributed by atoms with Gasteiger partial charge >= 0.3 is 0 Å². The van der Waals surface area contributed by atoms with E-state index >= 15 is 0 Å². The maximum absolute atomic E-state index is 11.6. The molecule has 82 valence electrons. The van der Waals surface area contributed by atoms with E-state index in [1.807, 2.05) is 27.0 Å². The van der Waals surface area contributed by atoms with Crippen molar-refractivity contribution in [3.8, 4) is 0 Å². The summed E-state index contributed by atoms with van der Waals surface area (Å²) < 4.78 is 20.7. The van der Waals surface area contributed by atoms with Crippen LogP contribution in [0, 0.1) is 5.92 Å². The lowest BCUT2D eigenvalue weighted by molar-refractivity contribution is 0.0838. The average molecular weight is 217 g/mol. The van der Waals surface area contributed by atoms with Gasteiger partial charge in [-0.15, -0.1) is 0 Å². The third kappa shape index (κ3) is 3.98. The number of hydrogen-bond donors (Lipinski definition) is 0. The first-order valence-electron chi connectivity index (χ1n) is 5.04. The third-order valence-corrected chi connectivity index (χ3v) is 3.52. The van der Waals surface area contributed by atoms with Crippen LogP contribution in [-0.4, -0.2) is 28.7 Å². The van der Waals surface area contributed by atoms with Crippen LogP contribution in [0.25, 0.3) is 0 Å². The van der Waals surface area contributed by atoms with Gasteiger partial charge in [0.25, 0.3) is 0 Å². The van der Waals surface area contributed by atoms with E-state index in [0.29, 0.717) is 5.92 Å². The van der Waals surface area contributed by atoms with Crippen molar-refractivity contribution in [2.75, 3.05) is 13.2 Å². The molecule has 14 heavy (non-hydrogen) atoms. The second-order valence-electron chi connectivity index (χ2n) is 4.57. The summed E-state index contributed by atoms with van der Waals surface area (Å²) in [6, 6.07) is 0. The molecule has 0 bridgehead atoms. The fourth-order valence-electron chi connectivity index (χ4n) is 1.16. The van der Waals surface area contributed by atoms with Crippen molar-refractivity contribution >= 4 is 17.6 Å². The normalized spacial score (nSPS) is 22.9. The van der Waals surface area contributed by atoms with Crippen molar-refractivity contribution in [2.24, 2.45) is 10.3 Å². The molecule has 0 unspecified atom stereocenters. The Labute approximate surface area is 89.3 Å². The van der Waals surface area contributed by atoms with Crippen molar-refractivity contribution in [1.82, 2.24) is 0 Å². The SMILES string of the molecule is CC(C)(C)[S@@+]([O-])N=CC1CCOCC1. The van der Waals surface area contributed by atoms with Crippen LogP contribution in [0.15, 0.2) is 4.40 Å². The molecule has 0 N–H and O–H groups in total. The van der Waals surface area contributed by atoms with Gasteiger partial charge in [-0.1, -0.05) is 4.40 Å². The standard InChI is InChI=1S/C10H19NO2S/c1-10(2,3)14(12)11-8-9-4-6-13-7-5-9/h8-9H,4-7H2,1-3H3/t14-/m1/s1. The smallest absolute Gasteiger partial charge is 0.144 e. The minimum atomic E-state index is -1.11. The largest absolute Gasteiger partial charge is 0.591 e. The summed E-state index contributed by atoms with van der Waals surface area (Å²) in [6.07, 6.45) is 3.86. The van der Waals surface area contributed by atoms with E-state index in [1.165, 1.54) is 0 Å². The first-order chi connectivity index (χ1) is 6.50. The Balaban J connectivity index is 2.38. The highest BCUT2D eigenvalue weighted by Crippen LogP contribution is 2.18. The van der Waals surface area contributed by atoms with Crippen LogP contribution < -0.4 is 0 Å². The predicted octanol–water partition coefficient (Wildman–Crippen LogP) is 1.95. The second-order valence-corrected chi connectivity index (χ2v) is 6.50. The molecule has 1 atom stereocenters. The van der Waals surface area contributed by atoms with Crippen LogP contribution in [-0.2, 0) is 16.1 Å². The molecule has 0 aromatic rings. The molecule has 1 heterocycles. The summed E-state index contributed by atoms with van der Waals surface area (Å²) in [5.74, 6) is 0.454. The molecule has 1 saturated heterocycles. The fourth-order valence-corrected chi connectivity index (χ4v) is 1.76. The topological polar surface area (TPSA) is 44.7 Å².